The molecule has 0 aliphatic heterocycles. The average molecular weight is 415 g/mol. The topological polar surface area (TPSA) is 78.0 Å². The number of nitrogens with zero attached hydrogens (tertiary/aromatic N) is 2. The fourth-order valence-corrected chi connectivity index (χ4v) is 4.36. The summed E-state index contributed by atoms with van der Waals surface area (Å²) in [5.74, 6) is 0.0844. The number of hydrogen-bond acceptors (Lipinski definition) is 4. The molecule has 0 unspecified atom stereocenters. The van der Waals surface area contributed by atoms with Crippen LogP contribution >= 0.6 is 11.8 Å². The average Bonchev–Trinajstić information content (AvgIpc) is 2.95. The highest BCUT2D eigenvalue weighted by Gasteiger charge is 2.32. The van der Waals surface area contributed by atoms with Gasteiger partial charge in [0.25, 0.3) is 0 Å². The second-order valence-corrected chi connectivity index (χ2v) is 8.28. The highest BCUT2D eigenvalue weighted by atomic mass is 32.2. The molecule has 2 N–H and O–H groups in total. The number of fused-ring (bicyclic) bond motifs is 1. The Morgan fingerprint density at radius 3 is 2.52 bits per heavy atom. The Hall–Kier alpha value is -2.04. The van der Waals surface area contributed by atoms with Gasteiger partial charge in [0, 0.05) is 12.3 Å². The van der Waals surface area contributed by atoms with Gasteiger partial charge in [0.2, 0.25) is 10.0 Å². The molecule has 27 heavy (non-hydrogen) atoms. The number of alkyl halides is 3. The monoisotopic (exact) mass is 415 g/mol. The number of primary sulfonamides is 1. The van der Waals surface area contributed by atoms with Crippen LogP contribution < -0.4 is 5.14 Å². The van der Waals surface area contributed by atoms with Crippen LogP contribution in [0.25, 0.3) is 11.0 Å². The lowest BCUT2D eigenvalue weighted by Gasteiger charge is -2.12. The Morgan fingerprint density at radius 2 is 1.89 bits per heavy atom. The highest BCUT2D eigenvalue weighted by Crippen LogP contribution is 2.35. The van der Waals surface area contributed by atoms with Crippen molar-refractivity contribution in [3.63, 3.8) is 0 Å². The van der Waals surface area contributed by atoms with E-state index in [0.29, 0.717) is 22.7 Å². The number of rotatable bonds is 5. The smallest absolute Gasteiger partial charge is 0.319 e. The summed E-state index contributed by atoms with van der Waals surface area (Å²) in [6, 6.07) is 9.76. The molecule has 0 aliphatic carbocycles. The molecule has 1 aromatic heterocycles. The van der Waals surface area contributed by atoms with Gasteiger partial charge >= 0.3 is 6.18 Å². The fraction of sp³-hybridized carbons (Fsp3) is 0.235. The summed E-state index contributed by atoms with van der Waals surface area (Å²) in [6.07, 6.45) is -4.42. The normalized spacial score (nSPS) is 12.6. The van der Waals surface area contributed by atoms with Crippen LogP contribution in [-0.4, -0.2) is 18.0 Å². The Balaban J connectivity index is 1.96. The molecule has 5 nitrogen and oxygen atoms in total. The predicted molar refractivity (Wildman–Crippen MR) is 97.8 cm³/mol. The van der Waals surface area contributed by atoms with Crippen LogP contribution in [0.3, 0.4) is 0 Å². The summed E-state index contributed by atoms with van der Waals surface area (Å²) < 4.78 is 64.3. The van der Waals surface area contributed by atoms with Crippen LogP contribution in [0.1, 0.15) is 18.1 Å². The van der Waals surface area contributed by atoms with E-state index in [4.69, 9.17) is 5.14 Å². The number of thioether (sulfide) groups is 1. The van der Waals surface area contributed by atoms with Crippen LogP contribution in [0, 0.1) is 0 Å². The number of sulfonamides is 1. The molecule has 0 atom stereocenters. The molecule has 10 heteroatoms. The third kappa shape index (κ3) is 4.12. The lowest BCUT2D eigenvalue weighted by atomic mass is 10.1. The van der Waals surface area contributed by atoms with Crippen LogP contribution in [-0.2, 0) is 28.5 Å². The van der Waals surface area contributed by atoms with Crippen molar-refractivity contribution in [1.29, 1.82) is 0 Å². The van der Waals surface area contributed by atoms with Gasteiger partial charge in [0.15, 0.2) is 5.16 Å². The van der Waals surface area contributed by atoms with Gasteiger partial charge in [-0.2, -0.15) is 13.2 Å². The zero-order chi connectivity index (χ0) is 19.8. The number of aryl methyl sites for hydroxylation is 1. The van der Waals surface area contributed by atoms with Gasteiger partial charge in [0.1, 0.15) is 0 Å². The molecule has 0 amide bonds. The molecule has 3 rings (SSSR count). The molecule has 0 saturated heterocycles. The Bertz CT molecular complexity index is 1090. The largest absolute Gasteiger partial charge is 0.416 e. The fourth-order valence-electron chi connectivity index (χ4n) is 2.75. The summed E-state index contributed by atoms with van der Waals surface area (Å²) in [5.41, 5.74) is 0.606. The van der Waals surface area contributed by atoms with Crippen LogP contribution in [0.5, 0.6) is 0 Å². The maximum Gasteiger partial charge on any atom is 0.416 e. The molecular formula is C17H16F3N3O2S2. The van der Waals surface area contributed by atoms with Crippen LogP contribution in [0.4, 0.5) is 13.2 Å². The van der Waals surface area contributed by atoms with E-state index in [2.05, 4.69) is 4.98 Å². The van der Waals surface area contributed by atoms with Crippen molar-refractivity contribution in [3.05, 3.63) is 53.6 Å². The standard InChI is InChI=1S/C17H16F3N3O2S2/c1-2-23-15-8-7-12(27(21,24)25)9-14(15)22-16(23)26-10-11-5-3-4-6-13(11)17(18,19)20/h3-9H,2,10H2,1H3,(H2,21,24,25). The maximum absolute atomic E-state index is 13.1. The van der Waals surface area contributed by atoms with E-state index < -0.39 is 21.8 Å². The number of hydrogen-bond donors (Lipinski definition) is 1. The second-order valence-electron chi connectivity index (χ2n) is 5.78. The molecule has 2 aromatic carbocycles. The number of benzene rings is 2. The van der Waals surface area contributed by atoms with Crippen molar-refractivity contribution in [2.45, 2.75) is 35.4 Å². The molecule has 3 aromatic rings. The van der Waals surface area contributed by atoms with Gasteiger partial charge in [0.05, 0.1) is 21.5 Å². The summed E-state index contributed by atoms with van der Waals surface area (Å²) in [7, 11) is -3.86. The Labute approximate surface area is 158 Å². The Kier molecular flexibility index (Phi) is 5.24. The minimum absolute atomic E-state index is 0.0604. The third-order valence-corrected chi connectivity index (χ3v) is 5.95. The molecular weight excluding hydrogens is 399 g/mol. The van der Waals surface area contributed by atoms with E-state index in [-0.39, 0.29) is 16.2 Å². The van der Waals surface area contributed by atoms with Crippen molar-refractivity contribution in [3.8, 4) is 0 Å². The molecule has 0 saturated carbocycles. The first-order chi connectivity index (χ1) is 12.6. The van der Waals surface area contributed by atoms with Crippen molar-refractivity contribution in [1.82, 2.24) is 9.55 Å². The van der Waals surface area contributed by atoms with E-state index >= 15 is 0 Å². The van der Waals surface area contributed by atoms with E-state index in [1.807, 2.05) is 11.5 Å². The number of halogens is 3. The molecule has 0 aliphatic rings. The summed E-state index contributed by atoms with van der Waals surface area (Å²) >= 11 is 1.17. The van der Waals surface area contributed by atoms with E-state index in [1.54, 1.807) is 12.1 Å². The first-order valence-corrected chi connectivity index (χ1v) is 10.5. The maximum atomic E-state index is 13.1. The van der Waals surface area contributed by atoms with Crippen LogP contribution in [0.2, 0.25) is 0 Å². The second kappa shape index (κ2) is 7.17. The van der Waals surface area contributed by atoms with Gasteiger partial charge in [-0.25, -0.2) is 18.5 Å². The quantitative estimate of drug-likeness (QED) is 0.639. The SMILES string of the molecule is CCn1c(SCc2ccccc2C(F)(F)F)nc2cc(S(N)(=O)=O)ccc21. The highest BCUT2D eigenvalue weighted by molar-refractivity contribution is 7.98. The summed E-state index contributed by atoms with van der Waals surface area (Å²) in [5, 5.41) is 5.65. The summed E-state index contributed by atoms with van der Waals surface area (Å²) in [4.78, 5) is 4.33. The van der Waals surface area contributed by atoms with Crippen LogP contribution in [0.15, 0.2) is 52.5 Å². The van der Waals surface area contributed by atoms with Crippen molar-refractivity contribution in [2.75, 3.05) is 0 Å². The minimum Gasteiger partial charge on any atom is -0.319 e. The van der Waals surface area contributed by atoms with Gasteiger partial charge in [-0.05, 0) is 36.8 Å². The number of aromatic nitrogens is 2. The van der Waals surface area contributed by atoms with Crippen molar-refractivity contribution >= 4 is 32.8 Å². The van der Waals surface area contributed by atoms with Crippen molar-refractivity contribution in [2.24, 2.45) is 5.14 Å². The number of imidazole rings is 1. The molecule has 0 spiro atoms. The molecule has 1 heterocycles. The molecule has 144 valence electrons. The molecule has 0 radical (unpaired) electrons. The first-order valence-electron chi connectivity index (χ1n) is 7.92. The zero-order valence-electron chi connectivity index (χ0n) is 14.2. The van der Waals surface area contributed by atoms with E-state index in [0.717, 1.165) is 6.07 Å². The third-order valence-electron chi connectivity index (χ3n) is 4.01. The van der Waals surface area contributed by atoms with Crippen molar-refractivity contribution < 1.29 is 21.6 Å². The van der Waals surface area contributed by atoms with Gasteiger partial charge in [-0.15, -0.1) is 0 Å². The first kappa shape index (κ1) is 19.7. The van der Waals surface area contributed by atoms with E-state index in [9.17, 15) is 21.6 Å². The predicted octanol–water partition coefficient (Wildman–Crippen LogP) is 4.01. The van der Waals surface area contributed by atoms with Gasteiger partial charge in [-0.3, -0.25) is 0 Å². The summed E-state index contributed by atoms with van der Waals surface area (Å²) in [6.45, 7) is 2.41. The lowest BCUT2D eigenvalue weighted by molar-refractivity contribution is -0.138. The van der Waals surface area contributed by atoms with Gasteiger partial charge < -0.3 is 4.57 Å². The van der Waals surface area contributed by atoms with E-state index in [1.165, 1.54) is 36.0 Å². The molecule has 0 bridgehead atoms. The molecule has 0 fully saturated rings. The lowest BCUT2D eigenvalue weighted by Crippen LogP contribution is -2.11. The van der Waals surface area contributed by atoms with Gasteiger partial charge in [-0.1, -0.05) is 30.0 Å². The zero-order valence-corrected chi connectivity index (χ0v) is 15.8. The number of nitrogens with two attached hydrogens (primary N) is 1. The minimum atomic E-state index is -4.42. The Morgan fingerprint density at radius 1 is 1.19 bits per heavy atom.